The van der Waals surface area contributed by atoms with E-state index in [1.165, 1.54) is 0 Å². The monoisotopic (exact) mass is 249 g/mol. The summed E-state index contributed by atoms with van der Waals surface area (Å²) in [6, 6.07) is 7.76. The van der Waals surface area contributed by atoms with Gasteiger partial charge in [-0.15, -0.1) is 0 Å². The van der Waals surface area contributed by atoms with Crippen molar-refractivity contribution in [1.82, 2.24) is 0 Å². The third-order valence-electron chi connectivity index (χ3n) is 2.66. The lowest BCUT2D eigenvalue weighted by atomic mass is 10.00. The minimum absolute atomic E-state index is 0.00567. The lowest BCUT2D eigenvalue weighted by molar-refractivity contribution is -0.116. The van der Waals surface area contributed by atoms with Gasteiger partial charge in [0.05, 0.1) is 0 Å². The quantitative estimate of drug-likeness (QED) is 0.841. The first-order valence-electron chi connectivity index (χ1n) is 6.14. The van der Waals surface area contributed by atoms with Crippen molar-refractivity contribution in [3.8, 4) is 0 Å². The van der Waals surface area contributed by atoms with Gasteiger partial charge in [-0.25, -0.2) is 0 Å². The molecule has 0 atom stereocenters. The van der Waals surface area contributed by atoms with Gasteiger partial charge in [0.2, 0.25) is 5.91 Å². The molecule has 1 aromatic rings. The van der Waals surface area contributed by atoms with Crippen molar-refractivity contribution < 1.29 is 4.79 Å². The maximum absolute atomic E-state index is 11.7. The van der Waals surface area contributed by atoms with Gasteiger partial charge in [0.1, 0.15) is 0 Å². The van der Waals surface area contributed by atoms with Gasteiger partial charge in [-0.2, -0.15) is 0 Å². The van der Waals surface area contributed by atoms with Gasteiger partial charge in [-0.3, -0.25) is 4.79 Å². The molecule has 1 rings (SSSR count). The van der Waals surface area contributed by atoms with Crippen LogP contribution >= 0.6 is 0 Å². The standard InChI is InChI=1S/C14H23N3O/c1-14(2,15)10-9-13(18)16-11-5-7-12(8-6-11)17(3)4/h5-8H,9-10,15H2,1-4H3,(H,16,18). The average molecular weight is 249 g/mol. The van der Waals surface area contributed by atoms with Gasteiger partial charge in [-0.05, 0) is 44.5 Å². The molecular formula is C14H23N3O. The molecule has 0 saturated carbocycles. The topological polar surface area (TPSA) is 58.4 Å². The predicted octanol–water partition coefficient (Wildman–Crippen LogP) is 2.21. The van der Waals surface area contributed by atoms with Gasteiger partial charge >= 0.3 is 0 Å². The molecule has 0 aliphatic carbocycles. The second-order valence-corrected chi connectivity index (χ2v) is 5.48. The number of amides is 1. The molecule has 3 N–H and O–H groups in total. The Morgan fingerprint density at radius 3 is 2.28 bits per heavy atom. The molecule has 0 spiro atoms. The van der Waals surface area contributed by atoms with Crippen LogP contribution in [0.2, 0.25) is 0 Å². The minimum Gasteiger partial charge on any atom is -0.378 e. The van der Waals surface area contributed by atoms with Crippen molar-refractivity contribution in [2.75, 3.05) is 24.3 Å². The van der Waals surface area contributed by atoms with E-state index in [2.05, 4.69) is 5.32 Å². The van der Waals surface area contributed by atoms with E-state index in [0.29, 0.717) is 12.8 Å². The Kier molecular flexibility index (Phi) is 4.73. The first-order chi connectivity index (χ1) is 8.28. The van der Waals surface area contributed by atoms with Crippen LogP contribution in [0.5, 0.6) is 0 Å². The lowest BCUT2D eigenvalue weighted by Crippen LogP contribution is -2.33. The fraction of sp³-hybridized carbons (Fsp3) is 0.500. The van der Waals surface area contributed by atoms with Crippen molar-refractivity contribution in [1.29, 1.82) is 0 Å². The molecule has 18 heavy (non-hydrogen) atoms. The largest absolute Gasteiger partial charge is 0.378 e. The molecular weight excluding hydrogens is 226 g/mol. The van der Waals surface area contributed by atoms with Crippen molar-refractivity contribution in [2.45, 2.75) is 32.2 Å². The second-order valence-electron chi connectivity index (χ2n) is 5.48. The molecule has 1 amide bonds. The van der Waals surface area contributed by atoms with Gasteiger partial charge in [0.15, 0.2) is 0 Å². The maximum Gasteiger partial charge on any atom is 0.224 e. The Morgan fingerprint density at radius 1 is 1.28 bits per heavy atom. The molecule has 1 aromatic carbocycles. The van der Waals surface area contributed by atoms with E-state index >= 15 is 0 Å². The summed E-state index contributed by atoms with van der Waals surface area (Å²) in [5.41, 5.74) is 7.47. The number of benzene rings is 1. The fourth-order valence-corrected chi connectivity index (χ4v) is 1.50. The van der Waals surface area contributed by atoms with E-state index in [4.69, 9.17) is 5.73 Å². The first kappa shape index (κ1) is 14.5. The number of nitrogens with one attached hydrogen (secondary N) is 1. The summed E-state index contributed by atoms with van der Waals surface area (Å²) in [6.45, 7) is 3.85. The van der Waals surface area contributed by atoms with Crippen molar-refractivity contribution in [3.63, 3.8) is 0 Å². The van der Waals surface area contributed by atoms with Gasteiger partial charge in [0.25, 0.3) is 0 Å². The molecule has 4 nitrogen and oxygen atoms in total. The molecule has 0 aliphatic heterocycles. The molecule has 4 heteroatoms. The number of nitrogens with zero attached hydrogens (tertiary/aromatic N) is 1. The molecule has 0 aromatic heterocycles. The van der Waals surface area contributed by atoms with Gasteiger partial charge in [0, 0.05) is 37.4 Å². The third kappa shape index (κ3) is 5.19. The van der Waals surface area contributed by atoms with E-state index < -0.39 is 0 Å². The second kappa shape index (κ2) is 5.87. The number of hydrogen-bond donors (Lipinski definition) is 2. The SMILES string of the molecule is CN(C)c1ccc(NC(=O)CCC(C)(C)N)cc1. The highest BCUT2D eigenvalue weighted by Gasteiger charge is 2.13. The van der Waals surface area contributed by atoms with Crippen LogP contribution in [0.1, 0.15) is 26.7 Å². The van der Waals surface area contributed by atoms with E-state index in [0.717, 1.165) is 11.4 Å². The molecule has 0 bridgehead atoms. The smallest absolute Gasteiger partial charge is 0.224 e. The predicted molar refractivity (Wildman–Crippen MR) is 76.9 cm³/mol. The molecule has 0 aliphatic rings. The van der Waals surface area contributed by atoms with Crippen LogP contribution in [0.25, 0.3) is 0 Å². The number of rotatable bonds is 5. The highest BCUT2D eigenvalue weighted by Crippen LogP contribution is 2.16. The Balaban J connectivity index is 2.50. The Hall–Kier alpha value is -1.55. The van der Waals surface area contributed by atoms with Crippen LogP contribution in [-0.2, 0) is 4.79 Å². The maximum atomic E-state index is 11.7. The summed E-state index contributed by atoms with van der Waals surface area (Å²) in [5, 5.41) is 2.87. The Morgan fingerprint density at radius 2 is 1.83 bits per heavy atom. The molecule has 0 unspecified atom stereocenters. The summed E-state index contributed by atoms with van der Waals surface area (Å²) >= 11 is 0. The zero-order valence-electron chi connectivity index (χ0n) is 11.7. The number of hydrogen-bond acceptors (Lipinski definition) is 3. The summed E-state index contributed by atoms with van der Waals surface area (Å²) in [6.07, 6.45) is 1.12. The Labute approximate surface area is 109 Å². The van der Waals surface area contributed by atoms with E-state index in [1.807, 2.05) is 57.1 Å². The molecule has 0 heterocycles. The number of carbonyl (C=O) groups excluding carboxylic acids is 1. The van der Waals surface area contributed by atoms with E-state index in [9.17, 15) is 4.79 Å². The molecule has 100 valence electrons. The van der Waals surface area contributed by atoms with Crippen molar-refractivity contribution >= 4 is 17.3 Å². The molecule has 0 radical (unpaired) electrons. The molecule has 0 fully saturated rings. The molecule has 0 saturated heterocycles. The van der Waals surface area contributed by atoms with Crippen molar-refractivity contribution in [3.05, 3.63) is 24.3 Å². The normalized spacial score (nSPS) is 11.2. The van der Waals surface area contributed by atoms with Crippen LogP contribution in [0.4, 0.5) is 11.4 Å². The number of carbonyl (C=O) groups is 1. The zero-order chi connectivity index (χ0) is 13.8. The summed E-state index contributed by atoms with van der Waals surface area (Å²) < 4.78 is 0. The first-order valence-corrected chi connectivity index (χ1v) is 6.14. The van der Waals surface area contributed by atoms with Crippen LogP contribution in [0.15, 0.2) is 24.3 Å². The minimum atomic E-state index is -0.299. The highest BCUT2D eigenvalue weighted by atomic mass is 16.1. The summed E-state index contributed by atoms with van der Waals surface area (Å²) in [7, 11) is 3.97. The summed E-state index contributed by atoms with van der Waals surface area (Å²) in [5.74, 6) is 0.00567. The number of nitrogens with two attached hydrogens (primary N) is 1. The Bertz CT molecular complexity index is 390. The van der Waals surface area contributed by atoms with Crippen molar-refractivity contribution in [2.24, 2.45) is 5.73 Å². The fourth-order valence-electron chi connectivity index (χ4n) is 1.50. The van der Waals surface area contributed by atoms with E-state index in [1.54, 1.807) is 0 Å². The third-order valence-corrected chi connectivity index (χ3v) is 2.66. The van der Waals surface area contributed by atoms with Crippen LogP contribution in [0, 0.1) is 0 Å². The summed E-state index contributed by atoms with van der Waals surface area (Å²) in [4.78, 5) is 13.7. The van der Waals surface area contributed by atoms with Gasteiger partial charge < -0.3 is 16.0 Å². The van der Waals surface area contributed by atoms with Crippen LogP contribution in [0.3, 0.4) is 0 Å². The number of anilines is 2. The highest BCUT2D eigenvalue weighted by molar-refractivity contribution is 5.90. The van der Waals surface area contributed by atoms with Crippen LogP contribution < -0.4 is 16.0 Å². The van der Waals surface area contributed by atoms with Gasteiger partial charge in [-0.1, -0.05) is 0 Å². The average Bonchev–Trinajstić information content (AvgIpc) is 2.26. The lowest BCUT2D eigenvalue weighted by Gasteiger charge is -2.17. The zero-order valence-corrected chi connectivity index (χ0v) is 11.7. The van der Waals surface area contributed by atoms with Crippen LogP contribution in [-0.4, -0.2) is 25.5 Å². The van der Waals surface area contributed by atoms with E-state index in [-0.39, 0.29) is 11.4 Å².